The van der Waals surface area contributed by atoms with Gasteiger partial charge in [-0.05, 0) is 82.3 Å². The summed E-state index contributed by atoms with van der Waals surface area (Å²) in [7, 11) is 0. The van der Waals surface area contributed by atoms with E-state index in [0.29, 0.717) is 17.7 Å². The second-order valence-corrected chi connectivity index (χ2v) is 8.84. The molecule has 0 spiro atoms. The number of carbonyl (C=O) groups excluding carboxylic acids is 1. The van der Waals surface area contributed by atoms with Gasteiger partial charge in [-0.1, -0.05) is 12.1 Å². The highest BCUT2D eigenvalue weighted by Gasteiger charge is 2.40. The van der Waals surface area contributed by atoms with E-state index in [4.69, 9.17) is 4.42 Å². The Hall–Kier alpha value is -2.27. The van der Waals surface area contributed by atoms with E-state index in [1.54, 1.807) is 0 Å². The fourth-order valence-electron chi connectivity index (χ4n) is 5.47. The summed E-state index contributed by atoms with van der Waals surface area (Å²) in [6.45, 7) is 6.73. The molecule has 6 rings (SSSR count). The zero-order chi connectivity index (χ0) is 19.8. The zero-order valence-corrected chi connectivity index (χ0v) is 17.3. The van der Waals surface area contributed by atoms with E-state index in [2.05, 4.69) is 40.2 Å². The van der Waals surface area contributed by atoms with Crippen LogP contribution in [0, 0.1) is 5.92 Å². The molecule has 154 valence electrons. The first-order valence-electron chi connectivity index (χ1n) is 11.2. The number of rotatable bonds is 4. The van der Waals surface area contributed by atoms with Gasteiger partial charge in [-0.2, -0.15) is 0 Å². The van der Waals surface area contributed by atoms with Gasteiger partial charge in [0.25, 0.3) is 5.91 Å². The lowest BCUT2D eigenvalue weighted by Crippen LogP contribution is -2.62. The van der Waals surface area contributed by atoms with Gasteiger partial charge in [-0.25, -0.2) is 0 Å². The molecular formula is C24H31N3O2. The molecule has 0 radical (unpaired) electrons. The number of piperidine rings is 4. The molecule has 1 N–H and O–H groups in total. The first-order valence-corrected chi connectivity index (χ1v) is 11.2. The van der Waals surface area contributed by atoms with Crippen LogP contribution in [0.1, 0.15) is 49.6 Å². The normalized spacial score (nSPS) is 29.1. The largest absolute Gasteiger partial charge is 0.451 e. The van der Waals surface area contributed by atoms with Crippen LogP contribution in [0.15, 0.2) is 40.8 Å². The van der Waals surface area contributed by atoms with Gasteiger partial charge >= 0.3 is 0 Å². The summed E-state index contributed by atoms with van der Waals surface area (Å²) >= 11 is 0. The first-order chi connectivity index (χ1) is 14.2. The molecule has 0 aliphatic carbocycles. The number of hydrogen-bond donors (Lipinski definition) is 1. The number of anilines is 1. The molecule has 5 heterocycles. The van der Waals surface area contributed by atoms with Gasteiger partial charge in [0.05, 0.1) is 0 Å². The van der Waals surface area contributed by atoms with Gasteiger partial charge in [0.2, 0.25) is 0 Å². The second-order valence-electron chi connectivity index (χ2n) is 8.84. The Bertz CT molecular complexity index is 861. The fraction of sp³-hybridized carbons (Fsp3) is 0.542. The van der Waals surface area contributed by atoms with Crippen molar-refractivity contribution in [2.45, 2.75) is 51.1 Å². The molecule has 5 heteroatoms. The quantitative estimate of drug-likeness (QED) is 0.848. The molecule has 4 saturated heterocycles. The van der Waals surface area contributed by atoms with E-state index in [1.807, 2.05) is 18.2 Å². The molecule has 0 saturated carbocycles. The predicted octanol–water partition coefficient (Wildman–Crippen LogP) is 4.15. The standard InChI is InChI=1S/C24H31N3O2/c1-17-23(18-11-15-26(17)16-12-18)25-24(28)22-10-9-21(29-22)19-7-3-4-8-20(19)27-13-5-2-6-14-27/h3-4,7-10,17-18,23H,2,5-6,11-16H2,1H3,(H,25,28). The van der Waals surface area contributed by atoms with Crippen LogP contribution in [-0.4, -0.2) is 49.1 Å². The van der Waals surface area contributed by atoms with Gasteiger partial charge in [0.15, 0.2) is 5.76 Å². The van der Waals surface area contributed by atoms with Crippen molar-refractivity contribution in [1.82, 2.24) is 10.2 Å². The number of amides is 1. The molecular weight excluding hydrogens is 362 g/mol. The maximum absolute atomic E-state index is 12.9. The molecule has 1 amide bonds. The first kappa shape index (κ1) is 18.7. The van der Waals surface area contributed by atoms with Crippen molar-refractivity contribution in [2.24, 2.45) is 5.92 Å². The molecule has 1 aromatic heterocycles. The SMILES string of the molecule is CC1C(NC(=O)c2ccc(-c3ccccc3N3CCCCC3)o2)C2CCN1CC2. The van der Waals surface area contributed by atoms with Crippen molar-refractivity contribution in [3.05, 3.63) is 42.2 Å². The lowest BCUT2D eigenvalue weighted by Gasteiger charge is -2.49. The summed E-state index contributed by atoms with van der Waals surface area (Å²) in [5, 5.41) is 3.27. The molecule has 1 aromatic carbocycles. The molecule has 4 aliphatic rings. The van der Waals surface area contributed by atoms with Crippen LogP contribution in [0.4, 0.5) is 5.69 Å². The topological polar surface area (TPSA) is 48.7 Å². The summed E-state index contributed by atoms with van der Waals surface area (Å²) < 4.78 is 6.07. The minimum atomic E-state index is -0.0858. The Morgan fingerprint density at radius 1 is 1.00 bits per heavy atom. The molecule has 2 atom stereocenters. The van der Waals surface area contributed by atoms with E-state index in [-0.39, 0.29) is 11.9 Å². The Balaban J connectivity index is 1.34. The van der Waals surface area contributed by atoms with Crippen molar-refractivity contribution in [2.75, 3.05) is 31.1 Å². The number of nitrogens with zero attached hydrogens (tertiary/aromatic N) is 2. The highest BCUT2D eigenvalue weighted by molar-refractivity contribution is 5.92. The third-order valence-electron chi connectivity index (χ3n) is 7.17. The Kier molecular flexibility index (Phi) is 5.08. The highest BCUT2D eigenvalue weighted by atomic mass is 16.4. The smallest absolute Gasteiger partial charge is 0.287 e. The lowest BCUT2D eigenvalue weighted by molar-refractivity contribution is 0.0211. The van der Waals surface area contributed by atoms with Gasteiger partial charge in [0, 0.05) is 36.4 Å². The maximum Gasteiger partial charge on any atom is 0.287 e. The number of nitrogens with one attached hydrogen (secondary N) is 1. The van der Waals surface area contributed by atoms with E-state index < -0.39 is 0 Å². The molecule has 2 aromatic rings. The average molecular weight is 394 g/mol. The monoisotopic (exact) mass is 393 g/mol. The maximum atomic E-state index is 12.9. The van der Waals surface area contributed by atoms with E-state index in [9.17, 15) is 4.79 Å². The molecule has 4 fully saturated rings. The van der Waals surface area contributed by atoms with Crippen molar-refractivity contribution in [3.8, 4) is 11.3 Å². The highest BCUT2D eigenvalue weighted by Crippen LogP contribution is 2.35. The van der Waals surface area contributed by atoms with Gasteiger partial charge in [0.1, 0.15) is 5.76 Å². The van der Waals surface area contributed by atoms with Gasteiger partial charge in [-0.3, -0.25) is 9.69 Å². The van der Waals surface area contributed by atoms with Crippen LogP contribution in [-0.2, 0) is 0 Å². The summed E-state index contributed by atoms with van der Waals surface area (Å²) in [5.74, 6) is 1.70. The molecule has 2 bridgehead atoms. The zero-order valence-electron chi connectivity index (χ0n) is 17.3. The number of benzene rings is 1. The van der Waals surface area contributed by atoms with E-state index in [0.717, 1.165) is 37.5 Å². The van der Waals surface area contributed by atoms with Crippen molar-refractivity contribution in [3.63, 3.8) is 0 Å². The number of carbonyl (C=O) groups is 1. The molecule has 5 nitrogen and oxygen atoms in total. The summed E-state index contributed by atoms with van der Waals surface area (Å²) in [4.78, 5) is 17.9. The summed E-state index contributed by atoms with van der Waals surface area (Å²) in [5.41, 5.74) is 2.28. The van der Waals surface area contributed by atoms with E-state index in [1.165, 1.54) is 37.8 Å². The average Bonchev–Trinajstić information content (AvgIpc) is 3.27. The van der Waals surface area contributed by atoms with Crippen LogP contribution in [0.3, 0.4) is 0 Å². The minimum absolute atomic E-state index is 0.0858. The third kappa shape index (κ3) is 3.57. The molecule has 2 unspecified atom stereocenters. The lowest BCUT2D eigenvalue weighted by atomic mass is 9.79. The Morgan fingerprint density at radius 2 is 1.76 bits per heavy atom. The van der Waals surface area contributed by atoms with Crippen LogP contribution in [0.2, 0.25) is 0 Å². The number of hydrogen-bond acceptors (Lipinski definition) is 4. The summed E-state index contributed by atoms with van der Waals surface area (Å²) in [6.07, 6.45) is 6.14. The Labute approximate surface area is 173 Å². The Morgan fingerprint density at radius 3 is 2.52 bits per heavy atom. The molecule has 29 heavy (non-hydrogen) atoms. The van der Waals surface area contributed by atoms with Crippen molar-refractivity contribution >= 4 is 11.6 Å². The van der Waals surface area contributed by atoms with Crippen LogP contribution in [0.25, 0.3) is 11.3 Å². The number of fused-ring (bicyclic) bond motifs is 3. The van der Waals surface area contributed by atoms with Crippen LogP contribution in [0.5, 0.6) is 0 Å². The number of para-hydroxylation sites is 1. The van der Waals surface area contributed by atoms with Gasteiger partial charge < -0.3 is 14.6 Å². The van der Waals surface area contributed by atoms with Crippen LogP contribution < -0.4 is 10.2 Å². The molecule has 4 aliphatic heterocycles. The summed E-state index contributed by atoms with van der Waals surface area (Å²) in [6, 6.07) is 12.8. The number of furan rings is 1. The van der Waals surface area contributed by atoms with Crippen molar-refractivity contribution < 1.29 is 9.21 Å². The van der Waals surface area contributed by atoms with E-state index >= 15 is 0 Å². The van der Waals surface area contributed by atoms with Gasteiger partial charge in [-0.15, -0.1) is 0 Å². The fourth-order valence-corrected chi connectivity index (χ4v) is 5.47. The van der Waals surface area contributed by atoms with Crippen molar-refractivity contribution in [1.29, 1.82) is 0 Å². The minimum Gasteiger partial charge on any atom is -0.451 e. The van der Waals surface area contributed by atoms with Crippen LogP contribution >= 0.6 is 0 Å². The third-order valence-corrected chi connectivity index (χ3v) is 7.17. The second kappa shape index (κ2) is 7.86. The predicted molar refractivity (Wildman–Crippen MR) is 115 cm³/mol.